The molecule has 1 aromatic rings. The SMILES string of the molecule is C=CCCC/C=C(\C)C(C)OC(=O)Cc1ccccc1. The summed E-state index contributed by atoms with van der Waals surface area (Å²) in [6.45, 7) is 7.63. The van der Waals surface area contributed by atoms with Crippen molar-refractivity contribution in [2.45, 2.75) is 45.6 Å². The van der Waals surface area contributed by atoms with Crippen LogP contribution in [0.25, 0.3) is 0 Å². The molecule has 2 nitrogen and oxygen atoms in total. The van der Waals surface area contributed by atoms with E-state index >= 15 is 0 Å². The molecule has 0 N–H and O–H groups in total. The van der Waals surface area contributed by atoms with Gasteiger partial charge in [0.25, 0.3) is 0 Å². The molecule has 0 aliphatic heterocycles. The quantitative estimate of drug-likeness (QED) is 0.396. The van der Waals surface area contributed by atoms with Crippen LogP contribution in [0.4, 0.5) is 0 Å². The van der Waals surface area contributed by atoms with Gasteiger partial charge < -0.3 is 4.74 Å². The van der Waals surface area contributed by atoms with Gasteiger partial charge in [0.2, 0.25) is 0 Å². The summed E-state index contributed by atoms with van der Waals surface area (Å²) in [6, 6.07) is 9.66. The lowest BCUT2D eigenvalue weighted by atomic mass is 10.1. The van der Waals surface area contributed by atoms with Crippen LogP contribution < -0.4 is 0 Å². The number of ether oxygens (including phenoxy) is 1. The van der Waals surface area contributed by atoms with Crippen molar-refractivity contribution < 1.29 is 9.53 Å². The first-order chi connectivity index (χ1) is 9.63. The van der Waals surface area contributed by atoms with Crippen LogP contribution in [0, 0.1) is 0 Å². The summed E-state index contributed by atoms with van der Waals surface area (Å²) in [5.41, 5.74) is 2.09. The predicted molar refractivity (Wildman–Crippen MR) is 83.5 cm³/mol. The monoisotopic (exact) mass is 272 g/mol. The number of esters is 1. The molecule has 1 aromatic carbocycles. The van der Waals surface area contributed by atoms with Crippen molar-refractivity contribution in [3.8, 4) is 0 Å². The standard InChI is InChI=1S/C18H24O2/c1-4-5-6-8-11-15(2)16(3)20-18(19)14-17-12-9-7-10-13-17/h4,7,9-13,16H,1,5-6,8,14H2,2-3H3/b15-11+. The maximum Gasteiger partial charge on any atom is 0.310 e. The summed E-state index contributed by atoms with van der Waals surface area (Å²) >= 11 is 0. The van der Waals surface area contributed by atoms with Gasteiger partial charge in [-0.1, -0.05) is 42.5 Å². The zero-order valence-electron chi connectivity index (χ0n) is 12.5. The number of carbonyl (C=O) groups excluding carboxylic acids is 1. The number of carbonyl (C=O) groups is 1. The van der Waals surface area contributed by atoms with Crippen LogP contribution in [-0.2, 0) is 16.0 Å². The summed E-state index contributed by atoms with van der Waals surface area (Å²) in [4.78, 5) is 11.8. The van der Waals surface area contributed by atoms with E-state index in [4.69, 9.17) is 4.74 Å². The molecule has 1 unspecified atom stereocenters. The fourth-order valence-electron chi connectivity index (χ4n) is 1.85. The average Bonchev–Trinajstić information content (AvgIpc) is 2.44. The Balaban J connectivity index is 2.38. The Kier molecular flexibility index (Phi) is 7.41. The summed E-state index contributed by atoms with van der Waals surface area (Å²) in [5, 5.41) is 0. The van der Waals surface area contributed by atoms with Gasteiger partial charge in [0.1, 0.15) is 6.10 Å². The average molecular weight is 272 g/mol. The Bertz CT molecular complexity index is 446. The molecule has 0 radical (unpaired) electrons. The molecule has 0 aliphatic rings. The van der Waals surface area contributed by atoms with E-state index in [1.54, 1.807) is 0 Å². The minimum absolute atomic E-state index is 0.157. The van der Waals surface area contributed by atoms with Crippen LogP contribution in [0.5, 0.6) is 0 Å². The first-order valence-corrected chi connectivity index (χ1v) is 7.14. The highest BCUT2D eigenvalue weighted by molar-refractivity contribution is 5.72. The van der Waals surface area contributed by atoms with Crippen LogP contribution in [-0.4, -0.2) is 12.1 Å². The van der Waals surface area contributed by atoms with Crippen molar-refractivity contribution in [3.63, 3.8) is 0 Å². The van der Waals surface area contributed by atoms with E-state index in [0.29, 0.717) is 6.42 Å². The molecule has 0 spiro atoms. The molecular formula is C18H24O2. The Morgan fingerprint density at radius 2 is 2.00 bits per heavy atom. The Hall–Kier alpha value is -1.83. The Morgan fingerprint density at radius 3 is 2.65 bits per heavy atom. The highest BCUT2D eigenvalue weighted by Crippen LogP contribution is 2.10. The molecule has 0 aromatic heterocycles. The van der Waals surface area contributed by atoms with Gasteiger partial charge in [-0.05, 0) is 44.2 Å². The molecule has 1 rings (SSSR count). The van der Waals surface area contributed by atoms with Gasteiger partial charge in [-0.25, -0.2) is 0 Å². The molecule has 108 valence electrons. The molecule has 0 heterocycles. The smallest absolute Gasteiger partial charge is 0.310 e. The van der Waals surface area contributed by atoms with E-state index < -0.39 is 0 Å². The summed E-state index contributed by atoms with van der Waals surface area (Å²) in [5.74, 6) is -0.178. The zero-order valence-corrected chi connectivity index (χ0v) is 12.5. The normalized spacial score (nSPS) is 12.8. The van der Waals surface area contributed by atoms with Crippen molar-refractivity contribution in [2.24, 2.45) is 0 Å². The fourth-order valence-corrected chi connectivity index (χ4v) is 1.85. The van der Waals surface area contributed by atoms with Gasteiger partial charge in [0, 0.05) is 0 Å². The van der Waals surface area contributed by atoms with Crippen LogP contribution in [0.3, 0.4) is 0 Å². The summed E-state index contributed by atoms with van der Waals surface area (Å²) < 4.78 is 5.45. The summed E-state index contributed by atoms with van der Waals surface area (Å²) in [6.07, 6.45) is 7.34. The van der Waals surface area contributed by atoms with E-state index in [9.17, 15) is 4.79 Å². The van der Waals surface area contributed by atoms with Gasteiger partial charge in [-0.15, -0.1) is 6.58 Å². The second-order valence-corrected chi connectivity index (χ2v) is 4.96. The van der Waals surface area contributed by atoms with Crippen molar-refractivity contribution in [3.05, 3.63) is 60.2 Å². The number of benzene rings is 1. The van der Waals surface area contributed by atoms with E-state index in [-0.39, 0.29) is 12.1 Å². The van der Waals surface area contributed by atoms with E-state index in [2.05, 4.69) is 12.7 Å². The molecule has 0 saturated carbocycles. The molecule has 0 bridgehead atoms. The summed E-state index contributed by atoms with van der Waals surface area (Å²) in [7, 11) is 0. The number of hydrogen-bond acceptors (Lipinski definition) is 2. The third-order valence-corrected chi connectivity index (χ3v) is 3.22. The molecule has 2 heteroatoms. The lowest BCUT2D eigenvalue weighted by Crippen LogP contribution is -2.17. The van der Waals surface area contributed by atoms with Gasteiger partial charge in [-0.2, -0.15) is 0 Å². The van der Waals surface area contributed by atoms with E-state index in [0.717, 1.165) is 30.4 Å². The van der Waals surface area contributed by atoms with Crippen LogP contribution in [0.2, 0.25) is 0 Å². The van der Waals surface area contributed by atoms with Crippen molar-refractivity contribution in [2.75, 3.05) is 0 Å². The second kappa shape index (κ2) is 9.13. The third-order valence-electron chi connectivity index (χ3n) is 3.22. The maximum atomic E-state index is 11.8. The second-order valence-electron chi connectivity index (χ2n) is 4.96. The van der Waals surface area contributed by atoms with Gasteiger partial charge in [0.05, 0.1) is 6.42 Å². The Labute approximate surface area is 122 Å². The van der Waals surface area contributed by atoms with Crippen LogP contribution >= 0.6 is 0 Å². The molecule has 0 fully saturated rings. The molecule has 0 aliphatic carbocycles. The minimum atomic E-state index is -0.178. The maximum absolute atomic E-state index is 11.8. The first-order valence-electron chi connectivity index (χ1n) is 7.14. The molecule has 0 amide bonds. The number of unbranched alkanes of at least 4 members (excludes halogenated alkanes) is 2. The molecule has 1 atom stereocenters. The van der Waals surface area contributed by atoms with Gasteiger partial charge in [0.15, 0.2) is 0 Å². The fraction of sp³-hybridized carbons (Fsp3) is 0.389. The number of rotatable bonds is 8. The topological polar surface area (TPSA) is 26.3 Å². The number of hydrogen-bond donors (Lipinski definition) is 0. The lowest BCUT2D eigenvalue weighted by Gasteiger charge is -2.14. The highest BCUT2D eigenvalue weighted by Gasteiger charge is 2.11. The largest absolute Gasteiger partial charge is 0.458 e. The predicted octanol–water partition coefficient (Wildman–Crippen LogP) is 4.46. The lowest BCUT2D eigenvalue weighted by molar-refractivity contribution is -0.145. The Morgan fingerprint density at radius 1 is 1.30 bits per heavy atom. The van der Waals surface area contributed by atoms with Crippen LogP contribution in [0.1, 0.15) is 38.7 Å². The number of allylic oxidation sites excluding steroid dienone is 2. The first kappa shape index (κ1) is 16.2. The van der Waals surface area contributed by atoms with E-state index in [1.807, 2.05) is 50.3 Å². The van der Waals surface area contributed by atoms with Gasteiger partial charge in [-0.3, -0.25) is 4.79 Å². The molecule has 0 saturated heterocycles. The van der Waals surface area contributed by atoms with Crippen LogP contribution in [0.15, 0.2) is 54.6 Å². The van der Waals surface area contributed by atoms with E-state index in [1.165, 1.54) is 0 Å². The van der Waals surface area contributed by atoms with Gasteiger partial charge >= 0.3 is 5.97 Å². The molecular weight excluding hydrogens is 248 g/mol. The third kappa shape index (κ3) is 6.37. The van der Waals surface area contributed by atoms with Crippen molar-refractivity contribution in [1.29, 1.82) is 0 Å². The van der Waals surface area contributed by atoms with Crippen molar-refractivity contribution >= 4 is 5.97 Å². The highest BCUT2D eigenvalue weighted by atomic mass is 16.5. The van der Waals surface area contributed by atoms with Crippen molar-refractivity contribution in [1.82, 2.24) is 0 Å². The zero-order chi connectivity index (χ0) is 14.8. The molecule has 20 heavy (non-hydrogen) atoms. The minimum Gasteiger partial charge on any atom is -0.458 e.